The Morgan fingerprint density at radius 2 is 2.16 bits per heavy atom. The lowest BCUT2D eigenvalue weighted by atomic mass is 10.1. The van der Waals surface area contributed by atoms with E-state index in [1.165, 1.54) is 11.8 Å². The minimum Gasteiger partial charge on any atom is -0.391 e. The van der Waals surface area contributed by atoms with Gasteiger partial charge in [-0.15, -0.1) is 0 Å². The van der Waals surface area contributed by atoms with E-state index in [4.69, 9.17) is 11.1 Å². The van der Waals surface area contributed by atoms with Gasteiger partial charge in [-0.2, -0.15) is 0 Å². The highest BCUT2D eigenvalue weighted by Gasteiger charge is 2.10. The molecule has 0 fully saturated rings. The molecule has 0 aliphatic heterocycles. The molecule has 0 aromatic heterocycles. The van der Waals surface area contributed by atoms with Gasteiger partial charge in [0, 0.05) is 23.2 Å². The molecule has 19 heavy (non-hydrogen) atoms. The van der Waals surface area contributed by atoms with Gasteiger partial charge in [0.05, 0.1) is 5.03 Å². The molecule has 0 radical (unpaired) electrons. The van der Waals surface area contributed by atoms with Crippen molar-refractivity contribution in [1.29, 1.82) is 5.41 Å². The van der Waals surface area contributed by atoms with Crippen molar-refractivity contribution in [1.82, 2.24) is 10.6 Å². The van der Waals surface area contributed by atoms with Crippen LogP contribution in [0.2, 0.25) is 0 Å². The molecular formula is C14H26N4S. The molecule has 5 N–H and O–H groups in total. The molecular weight excluding hydrogens is 256 g/mol. The smallest absolute Gasteiger partial charge is 0.0659 e. The van der Waals surface area contributed by atoms with Crippen LogP contribution in [0.15, 0.2) is 35.4 Å². The van der Waals surface area contributed by atoms with E-state index in [1.54, 1.807) is 13.1 Å². The summed E-state index contributed by atoms with van der Waals surface area (Å²) in [7, 11) is 0. The second-order valence-corrected chi connectivity index (χ2v) is 5.31. The van der Waals surface area contributed by atoms with Crippen LogP contribution >= 0.6 is 11.8 Å². The Labute approximate surface area is 121 Å². The van der Waals surface area contributed by atoms with Crippen LogP contribution in [0.3, 0.4) is 0 Å². The van der Waals surface area contributed by atoms with E-state index in [9.17, 15) is 0 Å². The Balaban J connectivity index is 4.29. The molecule has 0 saturated carbocycles. The molecule has 0 amide bonds. The molecule has 0 saturated heterocycles. The molecule has 0 bridgehead atoms. The van der Waals surface area contributed by atoms with Crippen LogP contribution < -0.4 is 16.4 Å². The third-order valence-corrected chi connectivity index (χ3v) is 3.65. The summed E-state index contributed by atoms with van der Waals surface area (Å²) in [6.07, 6.45) is 5.47. The van der Waals surface area contributed by atoms with Crippen molar-refractivity contribution in [2.45, 2.75) is 32.7 Å². The molecule has 0 heterocycles. The number of nitrogens with one attached hydrogen (secondary N) is 3. The van der Waals surface area contributed by atoms with Crippen molar-refractivity contribution < 1.29 is 0 Å². The first-order valence-corrected chi connectivity index (χ1v) is 7.26. The van der Waals surface area contributed by atoms with Gasteiger partial charge in [0.15, 0.2) is 0 Å². The monoisotopic (exact) mass is 282 g/mol. The van der Waals surface area contributed by atoms with Crippen LogP contribution in [0, 0.1) is 5.41 Å². The molecule has 1 atom stereocenters. The van der Waals surface area contributed by atoms with Crippen molar-refractivity contribution in [3.8, 4) is 0 Å². The van der Waals surface area contributed by atoms with E-state index in [0.29, 0.717) is 18.3 Å². The zero-order chi connectivity index (χ0) is 14.7. The lowest BCUT2D eigenvalue weighted by molar-refractivity contribution is 0.503. The van der Waals surface area contributed by atoms with Crippen LogP contribution in [0.1, 0.15) is 26.7 Å². The second kappa shape index (κ2) is 10.7. The first-order chi connectivity index (χ1) is 9.04. The van der Waals surface area contributed by atoms with Crippen LogP contribution in [0.5, 0.6) is 0 Å². The van der Waals surface area contributed by atoms with Crippen LogP contribution in [0.25, 0.3) is 0 Å². The maximum atomic E-state index is 7.65. The van der Waals surface area contributed by atoms with E-state index in [1.807, 2.05) is 13.0 Å². The number of allylic oxidation sites excluding steroid dienone is 2. The number of hydrogen-bond donors (Lipinski definition) is 4. The zero-order valence-electron chi connectivity index (χ0n) is 12.0. The molecule has 0 rings (SSSR count). The average Bonchev–Trinajstić information content (AvgIpc) is 2.36. The molecule has 108 valence electrons. The standard InChI is InChI=1S/C14H26N4S/c1-5-14(11(3)16)19-12(4)18-13(7-9-15)8-10-17-6-2/h5-6,13,16-18H,2,4,7-10,15H2,1,3H3/b14-5+,16-11?. The Bertz CT molecular complexity index is 336. The summed E-state index contributed by atoms with van der Waals surface area (Å²) in [5, 5.41) is 15.0. The predicted molar refractivity (Wildman–Crippen MR) is 87.3 cm³/mol. The third-order valence-electron chi connectivity index (χ3n) is 2.53. The topological polar surface area (TPSA) is 73.9 Å². The molecule has 5 heteroatoms. The second-order valence-electron chi connectivity index (χ2n) is 4.17. The fourth-order valence-corrected chi connectivity index (χ4v) is 2.35. The largest absolute Gasteiger partial charge is 0.391 e. The van der Waals surface area contributed by atoms with E-state index < -0.39 is 0 Å². The number of thioether (sulfide) groups is 1. The van der Waals surface area contributed by atoms with Crippen molar-refractivity contribution in [3.63, 3.8) is 0 Å². The minimum atomic E-state index is 0.293. The molecule has 0 spiro atoms. The summed E-state index contributed by atoms with van der Waals surface area (Å²) in [5.74, 6) is 0. The quantitative estimate of drug-likeness (QED) is 0.347. The van der Waals surface area contributed by atoms with Crippen molar-refractivity contribution in [2.24, 2.45) is 5.73 Å². The first-order valence-electron chi connectivity index (χ1n) is 6.44. The fraction of sp³-hybridized carbons (Fsp3) is 0.500. The summed E-state index contributed by atoms with van der Waals surface area (Å²) >= 11 is 1.50. The number of nitrogens with two attached hydrogens (primary N) is 1. The Hall–Kier alpha value is -1.20. The van der Waals surface area contributed by atoms with Gasteiger partial charge in [0.1, 0.15) is 0 Å². The molecule has 0 aromatic carbocycles. The Kier molecular flexibility index (Phi) is 10.0. The Morgan fingerprint density at radius 1 is 1.47 bits per heavy atom. The van der Waals surface area contributed by atoms with Crippen molar-refractivity contribution in [2.75, 3.05) is 13.1 Å². The lowest BCUT2D eigenvalue weighted by Crippen LogP contribution is -2.32. The predicted octanol–water partition coefficient (Wildman–Crippen LogP) is 2.56. The van der Waals surface area contributed by atoms with Crippen molar-refractivity contribution in [3.05, 3.63) is 35.4 Å². The maximum absolute atomic E-state index is 7.65. The van der Waals surface area contributed by atoms with Gasteiger partial charge in [-0.1, -0.05) is 31.0 Å². The fourth-order valence-electron chi connectivity index (χ4n) is 1.59. The molecule has 0 aliphatic rings. The van der Waals surface area contributed by atoms with Gasteiger partial charge in [-0.3, -0.25) is 0 Å². The number of rotatable bonds is 11. The van der Waals surface area contributed by atoms with Crippen molar-refractivity contribution >= 4 is 17.5 Å². The summed E-state index contributed by atoms with van der Waals surface area (Å²) in [5.41, 5.74) is 6.18. The highest BCUT2D eigenvalue weighted by Crippen LogP contribution is 2.23. The van der Waals surface area contributed by atoms with Crippen LogP contribution in [-0.4, -0.2) is 24.8 Å². The van der Waals surface area contributed by atoms with Crippen LogP contribution in [0.4, 0.5) is 0 Å². The molecule has 4 nitrogen and oxygen atoms in total. The van der Waals surface area contributed by atoms with Gasteiger partial charge in [0.2, 0.25) is 0 Å². The van der Waals surface area contributed by atoms with E-state index in [-0.39, 0.29) is 0 Å². The first kappa shape index (κ1) is 17.8. The maximum Gasteiger partial charge on any atom is 0.0659 e. The molecule has 0 aliphatic carbocycles. The molecule has 1 unspecified atom stereocenters. The summed E-state index contributed by atoms with van der Waals surface area (Å²) in [6.45, 7) is 12.8. The Morgan fingerprint density at radius 3 is 2.63 bits per heavy atom. The van der Waals surface area contributed by atoms with E-state index in [0.717, 1.165) is 29.3 Å². The van der Waals surface area contributed by atoms with Gasteiger partial charge in [-0.05, 0) is 39.4 Å². The normalized spacial score (nSPS) is 12.7. The number of hydrogen-bond acceptors (Lipinski definition) is 5. The van der Waals surface area contributed by atoms with Crippen LogP contribution in [-0.2, 0) is 0 Å². The lowest BCUT2D eigenvalue weighted by Gasteiger charge is -2.21. The van der Waals surface area contributed by atoms with Gasteiger partial charge in [0.25, 0.3) is 0 Å². The van der Waals surface area contributed by atoms with E-state index >= 15 is 0 Å². The zero-order valence-corrected chi connectivity index (χ0v) is 12.8. The van der Waals surface area contributed by atoms with Gasteiger partial charge < -0.3 is 21.8 Å². The summed E-state index contributed by atoms with van der Waals surface area (Å²) < 4.78 is 0. The molecule has 0 aromatic rings. The van der Waals surface area contributed by atoms with Gasteiger partial charge in [-0.25, -0.2) is 0 Å². The minimum absolute atomic E-state index is 0.293. The van der Waals surface area contributed by atoms with Gasteiger partial charge >= 0.3 is 0 Å². The highest BCUT2D eigenvalue weighted by atomic mass is 32.2. The van der Waals surface area contributed by atoms with E-state index in [2.05, 4.69) is 23.8 Å². The third kappa shape index (κ3) is 8.51. The highest BCUT2D eigenvalue weighted by molar-refractivity contribution is 8.07. The SMILES string of the molecule is C=CNCCC(CCN)NC(=C)S/C(=C/C)C(C)=N. The summed E-state index contributed by atoms with van der Waals surface area (Å²) in [6, 6.07) is 0.293. The average molecular weight is 282 g/mol. The summed E-state index contributed by atoms with van der Waals surface area (Å²) in [4.78, 5) is 0.924.